The zero-order chi connectivity index (χ0) is 10.7. The summed E-state index contributed by atoms with van der Waals surface area (Å²) in [5.41, 5.74) is 0. The van der Waals surface area contributed by atoms with Crippen molar-refractivity contribution in [1.29, 1.82) is 0 Å². The van der Waals surface area contributed by atoms with Gasteiger partial charge in [-0.05, 0) is 5.92 Å². The van der Waals surface area contributed by atoms with Gasteiger partial charge in [-0.3, -0.25) is 4.79 Å². The summed E-state index contributed by atoms with van der Waals surface area (Å²) in [7, 11) is 1.95. The minimum absolute atomic E-state index is 0.301. The van der Waals surface area contributed by atoms with Gasteiger partial charge in [0.2, 0.25) is 0 Å². The van der Waals surface area contributed by atoms with Crippen LogP contribution < -0.4 is 4.90 Å². The van der Waals surface area contributed by atoms with Crippen LogP contribution in [0.1, 0.15) is 23.5 Å². The normalized spacial score (nSPS) is 10.6. The van der Waals surface area contributed by atoms with Crippen molar-refractivity contribution in [3.63, 3.8) is 0 Å². The molecule has 0 aromatic carbocycles. The maximum atomic E-state index is 10.6. The topological polar surface area (TPSA) is 33.2 Å². The lowest BCUT2D eigenvalue weighted by Crippen LogP contribution is -2.22. The summed E-state index contributed by atoms with van der Waals surface area (Å²) in [6.07, 6.45) is 0.743. The van der Waals surface area contributed by atoms with Gasteiger partial charge in [-0.15, -0.1) is 0 Å². The van der Waals surface area contributed by atoms with Crippen LogP contribution in [0.15, 0.2) is 0 Å². The number of aldehydes is 1. The van der Waals surface area contributed by atoms with E-state index in [0.717, 1.165) is 18.0 Å². The molecule has 0 amide bonds. The molecule has 0 spiro atoms. The second-order valence-electron chi connectivity index (χ2n) is 3.54. The number of halogens is 1. The summed E-state index contributed by atoms with van der Waals surface area (Å²) in [4.78, 5) is 17.2. The number of carbonyl (C=O) groups is 1. The van der Waals surface area contributed by atoms with E-state index in [1.807, 2.05) is 11.9 Å². The van der Waals surface area contributed by atoms with Gasteiger partial charge in [-0.25, -0.2) is 4.98 Å². The summed E-state index contributed by atoms with van der Waals surface area (Å²) >= 11 is 7.09. The minimum atomic E-state index is 0.301. The summed E-state index contributed by atoms with van der Waals surface area (Å²) in [5.74, 6) is 0.558. The summed E-state index contributed by atoms with van der Waals surface area (Å²) < 4.78 is 0. The number of rotatable bonds is 4. The van der Waals surface area contributed by atoms with Gasteiger partial charge in [-0.2, -0.15) is 0 Å². The Labute approximate surface area is 92.7 Å². The van der Waals surface area contributed by atoms with E-state index in [2.05, 4.69) is 18.8 Å². The Morgan fingerprint density at radius 3 is 2.71 bits per heavy atom. The molecule has 1 aromatic heterocycles. The van der Waals surface area contributed by atoms with E-state index in [4.69, 9.17) is 11.6 Å². The Morgan fingerprint density at radius 2 is 2.29 bits per heavy atom. The molecular weight excluding hydrogens is 220 g/mol. The molecule has 1 aromatic rings. The molecule has 0 saturated carbocycles. The van der Waals surface area contributed by atoms with Crippen molar-refractivity contribution in [2.45, 2.75) is 13.8 Å². The third kappa shape index (κ3) is 2.69. The first-order valence-corrected chi connectivity index (χ1v) is 5.56. The van der Waals surface area contributed by atoms with E-state index < -0.39 is 0 Å². The maximum absolute atomic E-state index is 10.6. The summed E-state index contributed by atoms with van der Waals surface area (Å²) in [5, 5.41) is 1.10. The van der Waals surface area contributed by atoms with E-state index in [-0.39, 0.29) is 0 Å². The lowest BCUT2D eigenvalue weighted by atomic mass is 10.2. The SMILES string of the molecule is CC(C)CN(C)c1nc(Cl)c(C=O)s1. The first kappa shape index (κ1) is 11.5. The Bertz CT molecular complexity index is 325. The van der Waals surface area contributed by atoms with Crippen molar-refractivity contribution < 1.29 is 4.79 Å². The standard InChI is InChI=1S/C9H13ClN2OS/c1-6(2)4-12(3)9-11-8(10)7(5-13)14-9/h5-6H,4H2,1-3H3. The number of carbonyl (C=O) groups excluding carboxylic acids is 1. The number of thiazole rings is 1. The Morgan fingerprint density at radius 1 is 1.64 bits per heavy atom. The van der Waals surface area contributed by atoms with Crippen LogP contribution in [0.2, 0.25) is 5.15 Å². The van der Waals surface area contributed by atoms with E-state index in [0.29, 0.717) is 15.9 Å². The van der Waals surface area contributed by atoms with Crippen LogP contribution in [0.25, 0.3) is 0 Å². The first-order chi connectivity index (χ1) is 6.54. The molecule has 1 heterocycles. The Kier molecular flexibility index (Phi) is 3.89. The average Bonchev–Trinajstić information content (AvgIpc) is 2.45. The highest BCUT2D eigenvalue weighted by Crippen LogP contribution is 2.27. The molecule has 0 aliphatic rings. The third-order valence-corrected chi connectivity index (χ3v) is 3.17. The minimum Gasteiger partial charge on any atom is -0.351 e. The molecular formula is C9H13ClN2OS. The molecule has 0 atom stereocenters. The van der Waals surface area contributed by atoms with Gasteiger partial charge in [0, 0.05) is 13.6 Å². The highest BCUT2D eigenvalue weighted by atomic mass is 35.5. The van der Waals surface area contributed by atoms with Gasteiger partial charge in [0.05, 0.1) is 0 Å². The number of hydrogen-bond donors (Lipinski definition) is 0. The molecule has 5 heteroatoms. The van der Waals surface area contributed by atoms with E-state index in [1.54, 1.807) is 0 Å². The van der Waals surface area contributed by atoms with Gasteiger partial charge in [0.15, 0.2) is 16.6 Å². The van der Waals surface area contributed by atoms with Crippen LogP contribution in [0.5, 0.6) is 0 Å². The van der Waals surface area contributed by atoms with Gasteiger partial charge in [-0.1, -0.05) is 36.8 Å². The van der Waals surface area contributed by atoms with Crippen LogP contribution >= 0.6 is 22.9 Å². The quantitative estimate of drug-likeness (QED) is 0.749. The van der Waals surface area contributed by atoms with Crippen molar-refractivity contribution >= 4 is 34.4 Å². The second kappa shape index (κ2) is 4.75. The second-order valence-corrected chi connectivity index (χ2v) is 4.91. The van der Waals surface area contributed by atoms with Crippen molar-refractivity contribution in [2.24, 2.45) is 5.92 Å². The van der Waals surface area contributed by atoms with E-state index in [1.165, 1.54) is 11.3 Å². The number of anilines is 1. The highest BCUT2D eigenvalue weighted by Gasteiger charge is 2.12. The number of hydrogen-bond acceptors (Lipinski definition) is 4. The summed E-state index contributed by atoms with van der Waals surface area (Å²) in [6, 6.07) is 0. The predicted molar refractivity (Wildman–Crippen MR) is 60.6 cm³/mol. The fraction of sp³-hybridized carbons (Fsp3) is 0.556. The molecule has 0 fully saturated rings. The van der Waals surface area contributed by atoms with Crippen molar-refractivity contribution in [2.75, 3.05) is 18.5 Å². The molecule has 0 bridgehead atoms. The van der Waals surface area contributed by atoms with Gasteiger partial charge in [0.1, 0.15) is 4.88 Å². The van der Waals surface area contributed by atoms with Crippen LogP contribution in [-0.4, -0.2) is 24.9 Å². The Hall–Kier alpha value is -0.610. The van der Waals surface area contributed by atoms with Crippen molar-refractivity contribution in [1.82, 2.24) is 4.98 Å². The molecule has 3 nitrogen and oxygen atoms in total. The monoisotopic (exact) mass is 232 g/mol. The first-order valence-electron chi connectivity index (χ1n) is 4.37. The van der Waals surface area contributed by atoms with Crippen molar-refractivity contribution in [3.05, 3.63) is 10.0 Å². The van der Waals surface area contributed by atoms with Crippen LogP contribution in [-0.2, 0) is 0 Å². The van der Waals surface area contributed by atoms with Gasteiger partial charge >= 0.3 is 0 Å². The van der Waals surface area contributed by atoms with Crippen LogP contribution in [0, 0.1) is 5.92 Å². The molecule has 0 saturated heterocycles. The van der Waals surface area contributed by atoms with Gasteiger partial charge in [0.25, 0.3) is 0 Å². The average molecular weight is 233 g/mol. The lowest BCUT2D eigenvalue weighted by Gasteiger charge is -2.17. The zero-order valence-electron chi connectivity index (χ0n) is 8.45. The van der Waals surface area contributed by atoms with E-state index in [9.17, 15) is 4.79 Å². The van der Waals surface area contributed by atoms with Crippen molar-refractivity contribution in [3.8, 4) is 0 Å². The molecule has 1 rings (SSSR count). The summed E-state index contributed by atoms with van der Waals surface area (Å²) in [6.45, 7) is 5.17. The maximum Gasteiger partial charge on any atom is 0.187 e. The smallest absolute Gasteiger partial charge is 0.187 e. The molecule has 14 heavy (non-hydrogen) atoms. The molecule has 0 aliphatic heterocycles. The lowest BCUT2D eigenvalue weighted by molar-refractivity contribution is 0.112. The van der Waals surface area contributed by atoms with Gasteiger partial charge < -0.3 is 4.90 Å². The van der Waals surface area contributed by atoms with Crippen LogP contribution in [0.3, 0.4) is 0 Å². The molecule has 0 aliphatic carbocycles. The largest absolute Gasteiger partial charge is 0.351 e. The fourth-order valence-corrected chi connectivity index (χ4v) is 2.20. The zero-order valence-corrected chi connectivity index (χ0v) is 10.0. The number of aromatic nitrogens is 1. The molecule has 78 valence electrons. The predicted octanol–water partition coefficient (Wildman–Crippen LogP) is 2.70. The van der Waals surface area contributed by atoms with E-state index >= 15 is 0 Å². The third-order valence-electron chi connectivity index (χ3n) is 1.67. The number of nitrogens with zero attached hydrogens (tertiary/aromatic N) is 2. The fourth-order valence-electron chi connectivity index (χ4n) is 1.16. The molecule has 0 unspecified atom stereocenters. The molecule has 0 radical (unpaired) electrons. The highest BCUT2D eigenvalue weighted by molar-refractivity contribution is 7.17. The molecule has 0 N–H and O–H groups in total. The Balaban J connectivity index is 2.80. The van der Waals surface area contributed by atoms with Crippen LogP contribution in [0.4, 0.5) is 5.13 Å².